The third-order valence-electron chi connectivity index (χ3n) is 3.11. The van der Waals surface area contributed by atoms with E-state index >= 15 is 0 Å². The Bertz CT molecular complexity index is 307. The van der Waals surface area contributed by atoms with E-state index in [1.165, 1.54) is 0 Å². The zero-order valence-electron chi connectivity index (χ0n) is 12.2. The number of rotatable bonds is 5. The minimum atomic E-state index is -0.948. The summed E-state index contributed by atoms with van der Waals surface area (Å²) in [6.07, 6.45) is -0.127. The second-order valence-corrected chi connectivity index (χ2v) is 5.82. The molecule has 0 aromatic carbocycles. The van der Waals surface area contributed by atoms with Crippen LogP contribution in [0.25, 0.3) is 0 Å². The Morgan fingerprint density at radius 3 is 2.06 bits per heavy atom. The maximum atomic E-state index is 11.5. The highest BCUT2D eigenvalue weighted by Crippen LogP contribution is 2.31. The van der Waals surface area contributed by atoms with Gasteiger partial charge in [-0.25, -0.2) is 4.79 Å². The minimum absolute atomic E-state index is 0.0741. The monoisotopic (exact) mass is 259 g/mol. The summed E-state index contributed by atoms with van der Waals surface area (Å²) in [4.78, 5) is 22.9. The van der Waals surface area contributed by atoms with Gasteiger partial charge in [-0.05, 0) is 33.1 Å². The number of aliphatic carboxylic acids is 1. The molecule has 0 aromatic rings. The van der Waals surface area contributed by atoms with Gasteiger partial charge in [-0.3, -0.25) is 4.79 Å². The molecule has 5 heteroatoms. The highest BCUT2D eigenvalue weighted by molar-refractivity contribution is 5.76. The first-order chi connectivity index (χ1) is 8.05. The van der Waals surface area contributed by atoms with Gasteiger partial charge in [0.1, 0.15) is 5.60 Å². The molecule has 5 nitrogen and oxygen atoms in total. The van der Waals surface area contributed by atoms with Crippen molar-refractivity contribution in [3.63, 3.8) is 0 Å². The molecule has 0 aliphatic rings. The highest BCUT2D eigenvalue weighted by Gasteiger charge is 2.40. The number of carboxylic acids is 1. The van der Waals surface area contributed by atoms with Crippen molar-refractivity contribution in [1.29, 1.82) is 0 Å². The molecule has 1 amide bonds. The number of amides is 1. The van der Waals surface area contributed by atoms with Gasteiger partial charge in [0.2, 0.25) is 0 Å². The third kappa shape index (κ3) is 4.55. The van der Waals surface area contributed by atoms with Crippen molar-refractivity contribution in [3.05, 3.63) is 0 Å². The van der Waals surface area contributed by atoms with Crippen LogP contribution in [-0.2, 0) is 9.53 Å². The lowest BCUT2D eigenvalue weighted by molar-refractivity contribution is -0.151. The normalized spacial score (nSPS) is 15.1. The van der Waals surface area contributed by atoms with Crippen LogP contribution in [0, 0.1) is 11.3 Å². The van der Waals surface area contributed by atoms with Crippen LogP contribution in [0.15, 0.2) is 0 Å². The summed E-state index contributed by atoms with van der Waals surface area (Å²) in [5.41, 5.74) is -1.53. The van der Waals surface area contributed by atoms with E-state index in [-0.39, 0.29) is 12.5 Å². The summed E-state index contributed by atoms with van der Waals surface area (Å²) in [5, 5.41) is 11.9. The van der Waals surface area contributed by atoms with E-state index in [1.807, 2.05) is 20.8 Å². The fourth-order valence-corrected chi connectivity index (χ4v) is 1.76. The molecule has 1 atom stereocenters. The summed E-state index contributed by atoms with van der Waals surface area (Å²) >= 11 is 0. The van der Waals surface area contributed by atoms with E-state index in [1.54, 1.807) is 20.8 Å². The zero-order valence-corrected chi connectivity index (χ0v) is 12.2. The quantitative estimate of drug-likeness (QED) is 0.795. The van der Waals surface area contributed by atoms with Gasteiger partial charge in [-0.2, -0.15) is 0 Å². The molecule has 1 unspecified atom stereocenters. The van der Waals surface area contributed by atoms with Crippen molar-refractivity contribution in [1.82, 2.24) is 5.32 Å². The maximum Gasteiger partial charge on any atom is 0.407 e. The Balaban J connectivity index is 4.64. The van der Waals surface area contributed by atoms with Crippen molar-refractivity contribution in [3.8, 4) is 0 Å². The third-order valence-corrected chi connectivity index (χ3v) is 3.11. The minimum Gasteiger partial charge on any atom is -0.481 e. The van der Waals surface area contributed by atoms with E-state index in [9.17, 15) is 14.7 Å². The topological polar surface area (TPSA) is 75.6 Å². The number of hydrogen-bond acceptors (Lipinski definition) is 3. The molecule has 18 heavy (non-hydrogen) atoms. The zero-order chi connectivity index (χ0) is 14.6. The number of carboxylic acid groups (broad SMARTS) is 1. The van der Waals surface area contributed by atoms with Crippen LogP contribution in [0.3, 0.4) is 0 Å². The summed E-state index contributed by atoms with van der Waals surface area (Å²) in [5.74, 6) is -0.967. The molecule has 0 saturated heterocycles. The van der Waals surface area contributed by atoms with Crippen LogP contribution in [0.1, 0.15) is 48.0 Å². The van der Waals surface area contributed by atoms with Crippen LogP contribution < -0.4 is 5.32 Å². The van der Waals surface area contributed by atoms with E-state index < -0.39 is 23.1 Å². The van der Waals surface area contributed by atoms with Crippen LogP contribution >= 0.6 is 0 Å². The van der Waals surface area contributed by atoms with Gasteiger partial charge in [0, 0.05) is 6.54 Å². The highest BCUT2D eigenvalue weighted by atomic mass is 16.6. The van der Waals surface area contributed by atoms with Crippen molar-refractivity contribution in [2.24, 2.45) is 11.3 Å². The van der Waals surface area contributed by atoms with Gasteiger partial charge in [0.05, 0.1) is 5.41 Å². The van der Waals surface area contributed by atoms with Gasteiger partial charge >= 0.3 is 12.1 Å². The maximum absolute atomic E-state index is 11.5. The van der Waals surface area contributed by atoms with E-state index in [0.717, 1.165) is 0 Å². The van der Waals surface area contributed by atoms with E-state index in [0.29, 0.717) is 6.42 Å². The Morgan fingerprint density at radius 1 is 1.28 bits per heavy atom. The van der Waals surface area contributed by atoms with Crippen LogP contribution in [-0.4, -0.2) is 29.3 Å². The summed E-state index contributed by atoms with van der Waals surface area (Å²) in [6, 6.07) is 0. The van der Waals surface area contributed by atoms with Crippen LogP contribution in [0.2, 0.25) is 0 Å². The van der Waals surface area contributed by atoms with Gasteiger partial charge < -0.3 is 15.2 Å². The molecule has 0 spiro atoms. The Hall–Kier alpha value is -1.26. The largest absolute Gasteiger partial charge is 0.481 e. The van der Waals surface area contributed by atoms with Gasteiger partial charge in [0.15, 0.2) is 0 Å². The van der Waals surface area contributed by atoms with Crippen molar-refractivity contribution in [2.75, 3.05) is 6.54 Å². The van der Waals surface area contributed by atoms with E-state index in [4.69, 9.17) is 4.74 Å². The lowest BCUT2D eigenvalue weighted by Crippen LogP contribution is -2.47. The molecule has 0 aliphatic heterocycles. The van der Waals surface area contributed by atoms with Crippen LogP contribution in [0.5, 0.6) is 0 Å². The molecular formula is C13H25NO4. The molecule has 0 radical (unpaired) electrons. The summed E-state index contributed by atoms with van der Waals surface area (Å²) < 4.78 is 5.09. The van der Waals surface area contributed by atoms with Crippen molar-refractivity contribution < 1.29 is 19.4 Å². The smallest absolute Gasteiger partial charge is 0.407 e. The number of hydrogen-bond donors (Lipinski definition) is 2. The fraction of sp³-hybridized carbons (Fsp3) is 0.846. The average Bonchev–Trinajstić information content (AvgIpc) is 2.15. The summed E-state index contributed by atoms with van der Waals surface area (Å²) in [6.45, 7) is 10.9. The van der Waals surface area contributed by atoms with Gasteiger partial charge in [-0.15, -0.1) is 0 Å². The second-order valence-electron chi connectivity index (χ2n) is 5.82. The lowest BCUT2D eigenvalue weighted by atomic mass is 9.75. The molecule has 0 fully saturated rings. The molecule has 2 N–H and O–H groups in total. The molecule has 0 saturated carbocycles. The van der Waals surface area contributed by atoms with E-state index in [2.05, 4.69) is 5.32 Å². The number of carbonyl (C=O) groups excluding carboxylic acids is 1. The molecule has 106 valence electrons. The first-order valence-electron chi connectivity index (χ1n) is 6.25. The Morgan fingerprint density at radius 2 is 1.78 bits per heavy atom. The fourth-order valence-electron chi connectivity index (χ4n) is 1.76. The van der Waals surface area contributed by atoms with Crippen LogP contribution in [0.4, 0.5) is 4.79 Å². The predicted molar refractivity (Wildman–Crippen MR) is 69.4 cm³/mol. The second kappa shape index (κ2) is 6.07. The molecule has 0 aromatic heterocycles. The van der Waals surface area contributed by atoms with Crippen molar-refractivity contribution >= 4 is 12.1 Å². The van der Waals surface area contributed by atoms with Gasteiger partial charge in [0.25, 0.3) is 0 Å². The first kappa shape index (κ1) is 16.7. The molecule has 0 bridgehead atoms. The number of ether oxygens (including phenoxy) is 1. The first-order valence-corrected chi connectivity index (χ1v) is 6.25. The molecule has 0 aliphatic carbocycles. The SMILES string of the molecule is CCC(CNC(=O)OC(C)(C)C)(C(=O)O)C(C)C. The Kier molecular flexibility index (Phi) is 5.64. The number of nitrogens with one attached hydrogen (secondary N) is 1. The van der Waals surface area contributed by atoms with Gasteiger partial charge in [-0.1, -0.05) is 20.8 Å². The lowest BCUT2D eigenvalue weighted by Gasteiger charge is -2.32. The Labute approximate surface area is 109 Å². The molecule has 0 heterocycles. The molecular weight excluding hydrogens is 234 g/mol. The number of alkyl carbamates (subject to hydrolysis) is 1. The molecule has 0 rings (SSSR count). The number of carbonyl (C=O) groups is 2. The van der Waals surface area contributed by atoms with Crippen molar-refractivity contribution in [2.45, 2.75) is 53.6 Å². The summed E-state index contributed by atoms with van der Waals surface area (Å²) in [7, 11) is 0. The average molecular weight is 259 g/mol. The predicted octanol–water partition coefficient (Wildman–Crippen LogP) is 2.65. The standard InChI is InChI=1S/C13H25NO4/c1-7-13(9(2)3,10(15)16)8-14-11(17)18-12(4,5)6/h9H,7-8H2,1-6H3,(H,14,17)(H,15,16).